The van der Waals surface area contributed by atoms with E-state index in [9.17, 15) is 9.18 Å². The standard InChI is InChI=1S/C16H13FN4O/c1-10-12(17)3-2-4-13(10)18-16(22)8-6-11-5-7-14-15(9-11)20-21-19-14/h2-9H,1H3,(H,18,22)(H,19,20,21)/b8-6+. The largest absolute Gasteiger partial charge is 0.322 e. The van der Waals surface area contributed by atoms with E-state index in [1.165, 1.54) is 12.1 Å². The van der Waals surface area contributed by atoms with Crippen LogP contribution >= 0.6 is 0 Å². The second-order valence-corrected chi connectivity index (χ2v) is 4.82. The smallest absolute Gasteiger partial charge is 0.248 e. The predicted molar refractivity (Wildman–Crippen MR) is 82.7 cm³/mol. The highest BCUT2D eigenvalue weighted by atomic mass is 19.1. The van der Waals surface area contributed by atoms with Crippen LogP contribution in [-0.4, -0.2) is 21.3 Å². The van der Waals surface area contributed by atoms with E-state index < -0.39 is 0 Å². The molecular weight excluding hydrogens is 283 g/mol. The lowest BCUT2D eigenvalue weighted by Crippen LogP contribution is -2.09. The first kappa shape index (κ1) is 13.9. The molecule has 6 heteroatoms. The van der Waals surface area contributed by atoms with Crippen molar-refractivity contribution in [3.8, 4) is 0 Å². The van der Waals surface area contributed by atoms with E-state index in [4.69, 9.17) is 0 Å². The van der Waals surface area contributed by atoms with Gasteiger partial charge in [-0.3, -0.25) is 9.89 Å². The Morgan fingerprint density at radius 3 is 3.05 bits per heavy atom. The number of nitrogens with one attached hydrogen (secondary N) is 2. The van der Waals surface area contributed by atoms with Crippen LogP contribution in [0.4, 0.5) is 10.1 Å². The van der Waals surface area contributed by atoms with Crippen LogP contribution in [0.25, 0.3) is 17.1 Å². The van der Waals surface area contributed by atoms with Gasteiger partial charge in [-0.1, -0.05) is 17.3 Å². The van der Waals surface area contributed by atoms with Crippen LogP contribution in [0.5, 0.6) is 0 Å². The molecule has 1 amide bonds. The summed E-state index contributed by atoms with van der Waals surface area (Å²) in [5, 5.41) is 13.0. The fraction of sp³-hybridized carbons (Fsp3) is 0.0625. The normalized spacial score (nSPS) is 11.2. The SMILES string of the molecule is Cc1c(F)cccc1NC(=O)/C=C/c1ccc2nn[nH]c2c1. The van der Waals surface area contributed by atoms with Gasteiger partial charge in [-0.25, -0.2) is 4.39 Å². The highest BCUT2D eigenvalue weighted by Gasteiger charge is 2.05. The van der Waals surface area contributed by atoms with E-state index in [1.807, 2.05) is 18.2 Å². The van der Waals surface area contributed by atoms with E-state index in [-0.39, 0.29) is 11.7 Å². The Hall–Kier alpha value is -3.02. The Balaban J connectivity index is 1.74. The lowest BCUT2D eigenvalue weighted by atomic mass is 10.1. The van der Waals surface area contributed by atoms with Gasteiger partial charge in [-0.2, -0.15) is 0 Å². The topological polar surface area (TPSA) is 70.7 Å². The zero-order chi connectivity index (χ0) is 15.5. The van der Waals surface area contributed by atoms with Gasteiger partial charge in [0.25, 0.3) is 0 Å². The number of amides is 1. The van der Waals surface area contributed by atoms with Gasteiger partial charge in [0.2, 0.25) is 5.91 Å². The molecule has 3 rings (SSSR count). The summed E-state index contributed by atoms with van der Waals surface area (Å²) in [6.07, 6.45) is 3.07. The number of hydrogen-bond acceptors (Lipinski definition) is 3. The van der Waals surface area contributed by atoms with Crippen LogP contribution < -0.4 is 5.32 Å². The molecule has 0 aliphatic rings. The average Bonchev–Trinajstić information content (AvgIpc) is 2.97. The molecule has 0 saturated carbocycles. The van der Waals surface area contributed by atoms with Crippen molar-refractivity contribution in [2.45, 2.75) is 6.92 Å². The summed E-state index contributed by atoms with van der Waals surface area (Å²) < 4.78 is 13.4. The van der Waals surface area contributed by atoms with Gasteiger partial charge >= 0.3 is 0 Å². The molecule has 2 N–H and O–H groups in total. The first-order valence-corrected chi connectivity index (χ1v) is 6.68. The Morgan fingerprint density at radius 2 is 2.18 bits per heavy atom. The van der Waals surface area contributed by atoms with Gasteiger partial charge in [-0.05, 0) is 42.8 Å². The minimum atomic E-state index is -0.348. The number of fused-ring (bicyclic) bond motifs is 1. The van der Waals surface area contributed by atoms with E-state index in [2.05, 4.69) is 20.7 Å². The molecule has 3 aromatic rings. The molecule has 0 saturated heterocycles. The third-order valence-corrected chi connectivity index (χ3v) is 3.30. The summed E-state index contributed by atoms with van der Waals surface area (Å²) in [6.45, 7) is 1.62. The first-order valence-electron chi connectivity index (χ1n) is 6.68. The molecule has 0 bridgehead atoms. The molecule has 110 valence electrons. The Labute approximate surface area is 125 Å². The van der Waals surface area contributed by atoms with Crippen LogP contribution in [0.2, 0.25) is 0 Å². The maximum absolute atomic E-state index is 13.4. The molecule has 2 aromatic carbocycles. The Kier molecular flexibility index (Phi) is 3.65. The number of nitrogens with zero attached hydrogens (tertiary/aromatic N) is 2. The molecule has 1 aromatic heterocycles. The van der Waals surface area contributed by atoms with Gasteiger partial charge in [0.15, 0.2) is 0 Å². The van der Waals surface area contributed by atoms with Gasteiger partial charge in [0.1, 0.15) is 11.3 Å². The highest BCUT2D eigenvalue weighted by Crippen LogP contribution is 2.17. The van der Waals surface area contributed by atoms with Crippen molar-refractivity contribution in [2.75, 3.05) is 5.32 Å². The zero-order valence-corrected chi connectivity index (χ0v) is 11.8. The minimum absolute atomic E-state index is 0.323. The molecular formula is C16H13FN4O. The van der Waals surface area contributed by atoms with Crippen molar-refractivity contribution in [3.05, 3.63) is 59.4 Å². The lowest BCUT2D eigenvalue weighted by molar-refractivity contribution is -0.111. The summed E-state index contributed by atoms with van der Waals surface area (Å²) in [7, 11) is 0. The fourth-order valence-corrected chi connectivity index (χ4v) is 2.06. The average molecular weight is 296 g/mol. The monoisotopic (exact) mass is 296 g/mol. The molecule has 0 unspecified atom stereocenters. The van der Waals surface area contributed by atoms with Crippen LogP contribution in [0.15, 0.2) is 42.5 Å². The number of aromatic nitrogens is 3. The summed E-state index contributed by atoms with van der Waals surface area (Å²) in [4.78, 5) is 11.9. The van der Waals surface area contributed by atoms with Crippen LogP contribution in [0, 0.1) is 12.7 Å². The van der Waals surface area contributed by atoms with Crippen LogP contribution in [0.1, 0.15) is 11.1 Å². The molecule has 5 nitrogen and oxygen atoms in total. The number of carbonyl (C=O) groups is 1. The van der Waals surface area contributed by atoms with Crippen molar-refractivity contribution in [1.82, 2.24) is 15.4 Å². The highest BCUT2D eigenvalue weighted by molar-refractivity contribution is 6.02. The first-order chi connectivity index (χ1) is 10.6. The Bertz CT molecular complexity index is 869. The van der Waals surface area contributed by atoms with Crippen molar-refractivity contribution in [3.63, 3.8) is 0 Å². The van der Waals surface area contributed by atoms with Crippen LogP contribution in [0.3, 0.4) is 0 Å². The minimum Gasteiger partial charge on any atom is -0.322 e. The number of aromatic amines is 1. The summed E-state index contributed by atoms with van der Waals surface area (Å²) in [5.41, 5.74) is 3.27. The number of hydrogen-bond donors (Lipinski definition) is 2. The summed E-state index contributed by atoms with van der Waals surface area (Å²) in [5.74, 6) is -0.671. The van der Waals surface area contributed by atoms with Crippen molar-refractivity contribution in [1.29, 1.82) is 0 Å². The second kappa shape index (κ2) is 5.77. The third kappa shape index (κ3) is 2.85. The zero-order valence-electron chi connectivity index (χ0n) is 11.8. The molecule has 0 atom stereocenters. The number of halogens is 1. The number of anilines is 1. The van der Waals surface area contributed by atoms with Gasteiger partial charge in [-0.15, -0.1) is 5.10 Å². The molecule has 1 heterocycles. The summed E-state index contributed by atoms with van der Waals surface area (Å²) >= 11 is 0. The number of rotatable bonds is 3. The maximum atomic E-state index is 13.4. The van der Waals surface area contributed by atoms with Gasteiger partial charge < -0.3 is 5.32 Å². The quantitative estimate of drug-likeness (QED) is 0.730. The molecule has 0 aliphatic carbocycles. The predicted octanol–water partition coefficient (Wildman–Crippen LogP) is 3.06. The number of carbonyl (C=O) groups excluding carboxylic acids is 1. The maximum Gasteiger partial charge on any atom is 0.248 e. The van der Waals surface area contributed by atoms with Crippen molar-refractivity contribution >= 4 is 28.7 Å². The molecule has 0 spiro atoms. The fourth-order valence-electron chi connectivity index (χ4n) is 2.06. The van der Waals surface area contributed by atoms with E-state index in [1.54, 1.807) is 25.1 Å². The van der Waals surface area contributed by atoms with Crippen molar-refractivity contribution in [2.24, 2.45) is 0 Å². The molecule has 22 heavy (non-hydrogen) atoms. The summed E-state index contributed by atoms with van der Waals surface area (Å²) in [6, 6.07) is 10.1. The molecule has 0 aliphatic heterocycles. The molecule has 0 radical (unpaired) electrons. The van der Waals surface area contributed by atoms with Crippen molar-refractivity contribution < 1.29 is 9.18 Å². The van der Waals surface area contributed by atoms with Gasteiger partial charge in [0, 0.05) is 17.3 Å². The Morgan fingerprint density at radius 1 is 1.32 bits per heavy atom. The molecule has 0 fully saturated rings. The lowest BCUT2D eigenvalue weighted by Gasteiger charge is -2.06. The van der Waals surface area contributed by atoms with E-state index >= 15 is 0 Å². The number of H-pyrrole nitrogens is 1. The van der Waals surface area contributed by atoms with E-state index in [0.29, 0.717) is 11.3 Å². The number of benzene rings is 2. The van der Waals surface area contributed by atoms with E-state index in [0.717, 1.165) is 16.6 Å². The second-order valence-electron chi connectivity index (χ2n) is 4.82. The van der Waals surface area contributed by atoms with Crippen LogP contribution in [-0.2, 0) is 4.79 Å². The van der Waals surface area contributed by atoms with Gasteiger partial charge in [0.05, 0.1) is 5.52 Å². The third-order valence-electron chi connectivity index (χ3n) is 3.30.